The van der Waals surface area contributed by atoms with Gasteiger partial charge in [0, 0.05) is 45.1 Å². The van der Waals surface area contributed by atoms with E-state index in [1.807, 2.05) is 27.0 Å². The lowest BCUT2D eigenvalue weighted by atomic mass is 10.1. The highest BCUT2D eigenvalue weighted by atomic mass is 16.5. The minimum Gasteiger partial charge on any atom is -0.462 e. The second-order valence-corrected chi connectivity index (χ2v) is 7.31. The number of esters is 1. The lowest BCUT2D eigenvalue weighted by molar-refractivity contribution is 0.0527. The number of nitrogens with zero attached hydrogens (tertiary/aromatic N) is 5. The molecule has 7 nitrogen and oxygen atoms in total. The first-order chi connectivity index (χ1) is 14.1. The van der Waals surface area contributed by atoms with Crippen molar-refractivity contribution in [1.29, 1.82) is 0 Å². The van der Waals surface area contributed by atoms with Crippen molar-refractivity contribution in [1.82, 2.24) is 14.8 Å². The third kappa shape index (κ3) is 3.64. The number of hydrogen-bond donors (Lipinski definition) is 0. The van der Waals surface area contributed by atoms with Crippen molar-refractivity contribution in [3.63, 3.8) is 0 Å². The summed E-state index contributed by atoms with van der Waals surface area (Å²) in [6.45, 7) is 7.67. The van der Waals surface area contributed by atoms with Crippen LogP contribution in [-0.4, -0.2) is 53.5 Å². The smallest absolute Gasteiger partial charge is 0.341 e. The second kappa shape index (κ2) is 8.11. The van der Waals surface area contributed by atoms with Crippen LogP contribution in [0.15, 0.2) is 36.5 Å². The Hall–Kier alpha value is -3.09. The molecule has 0 unspecified atom stereocenters. The number of hydrogen-bond acceptors (Lipinski definition) is 6. The number of aromatic nitrogens is 3. The Morgan fingerprint density at radius 2 is 1.83 bits per heavy atom. The predicted molar refractivity (Wildman–Crippen MR) is 115 cm³/mol. The van der Waals surface area contributed by atoms with Crippen LogP contribution in [0.25, 0.3) is 11.0 Å². The van der Waals surface area contributed by atoms with E-state index in [9.17, 15) is 4.79 Å². The van der Waals surface area contributed by atoms with E-state index in [1.165, 1.54) is 5.69 Å². The molecule has 0 aliphatic carbocycles. The maximum atomic E-state index is 12.7. The topological polar surface area (TPSA) is 63.5 Å². The molecule has 0 bridgehead atoms. The molecule has 0 amide bonds. The van der Waals surface area contributed by atoms with Gasteiger partial charge in [-0.15, -0.1) is 0 Å². The second-order valence-electron chi connectivity index (χ2n) is 7.31. The van der Waals surface area contributed by atoms with E-state index in [0.717, 1.165) is 55.0 Å². The van der Waals surface area contributed by atoms with Gasteiger partial charge >= 0.3 is 5.97 Å². The van der Waals surface area contributed by atoms with E-state index in [4.69, 9.17) is 4.74 Å². The van der Waals surface area contributed by atoms with Crippen LogP contribution in [0.4, 0.5) is 11.4 Å². The van der Waals surface area contributed by atoms with Crippen molar-refractivity contribution < 1.29 is 9.53 Å². The molecule has 7 heteroatoms. The number of benzene rings is 1. The molecule has 0 N–H and O–H groups in total. The van der Waals surface area contributed by atoms with Crippen molar-refractivity contribution >= 4 is 28.4 Å². The van der Waals surface area contributed by atoms with Gasteiger partial charge in [-0.25, -0.2) is 9.78 Å². The molecule has 1 aliphatic heterocycles. The zero-order chi connectivity index (χ0) is 20.4. The first-order valence-corrected chi connectivity index (χ1v) is 10.1. The van der Waals surface area contributed by atoms with Gasteiger partial charge in [-0.2, -0.15) is 5.10 Å². The quantitative estimate of drug-likeness (QED) is 0.635. The number of anilines is 2. The van der Waals surface area contributed by atoms with Crippen LogP contribution in [0, 0.1) is 6.92 Å². The van der Waals surface area contributed by atoms with Crippen LogP contribution in [-0.2, 0) is 11.8 Å². The molecule has 1 saturated heterocycles. The molecule has 0 atom stereocenters. The van der Waals surface area contributed by atoms with E-state index in [1.54, 1.807) is 10.9 Å². The van der Waals surface area contributed by atoms with Gasteiger partial charge in [-0.3, -0.25) is 4.68 Å². The number of rotatable bonds is 4. The summed E-state index contributed by atoms with van der Waals surface area (Å²) in [5, 5.41) is 5.48. The van der Waals surface area contributed by atoms with E-state index in [-0.39, 0.29) is 5.97 Å². The SMILES string of the molecule is CCOC(=O)c1cnc2c(c(C)nn2C)c1N1CCCN(c2ccccc2)CC1. The van der Waals surface area contributed by atoms with Gasteiger partial charge in [-0.05, 0) is 32.4 Å². The van der Waals surface area contributed by atoms with Crippen molar-refractivity contribution in [3.8, 4) is 0 Å². The number of aryl methyl sites for hydroxylation is 2. The lowest BCUT2D eigenvalue weighted by Gasteiger charge is -2.26. The van der Waals surface area contributed by atoms with Crippen molar-refractivity contribution in [3.05, 3.63) is 47.8 Å². The summed E-state index contributed by atoms with van der Waals surface area (Å²) in [4.78, 5) is 21.9. The van der Waals surface area contributed by atoms with Crippen LogP contribution in [0.1, 0.15) is 29.4 Å². The molecule has 3 heterocycles. The highest BCUT2D eigenvalue weighted by Gasteiger charge is 2.26. The highest BCUT2D eigenvalue weighted by Crippen LogP contribution is 2.33. The number of carbonyl (C=O) groups excluding carboxylic acids is 1. The molecule has 152 valence electrons. The molecule has 1 aromatic carbocycles. The lowest BCUT2D eigenvalue weighted by Crippen LogP contribution is -2.32. The van der Waals surface area contributed by atoms with Crippen LogP contribution < -0.4 is 9.80 Å². The van der Waals surface area contributed by atoms with E-state index in [0.29, 0.717) is 12.2 Å². The molecule has 1 aliphatic rings. The summed E-state index contributed by atoms with van der Waals surface area (Å²) in [5.74, 6) is -0.329. The Morgan fingerprint density at radius 3 is 2.59 bits per heavy atom. The fraction of sp³-hybridized carbons (Fsp3) is 0.409. The Labute approximate surface area is 170 Å². The number of pyridine rings is 1. The summed E-state index contributed by atoms with van der Waals surface area (Å²) in [7, 11) is 1.88. The fourth-order valence-electron chi connectivity index (χ4n) is 4.12. The Balaban J connectivity index is 1.73. The zero-order valence-electron chi connectivity index (χ0n) is 17.3. The Kier molecular flexibility index (Phi) is 5.38. The minimum absolute atomic E-state index is 0.329. The molecule has 29 heavy (non-hydrogen) atoms. The van der Waals surface area contributed by atoms with Gasteiger partial charge in [0.2, 0.25) is 0 Å². The van der Waals surface area contributed by atoms with Crippen molar-refractivity contribution in [2.45, 2.75) is 20.3 Å². The summed E-state index contributed by atoms with van der Waals surface area (Å²) in [5.41, 5.74) is 4.31. The highest BCUT2D eigenvalue weighted by molar-refractivity contribution is 6.05. The molecule has 4 rings (SSSR count). The molecule has 0 radical (unpaired) electrons. The van der Waals surface area contributed by atoms with E-state index in [2.05, 4.69) is 44.1 Å². The molecule has 0 saturated carbocycles. The monoisotopic (exact) mass is 393 g/mol. The molecule has 2 aromatic heterocycles. The summed E-state index contributed by atoms with van der Waals surface area (Å²) < 4.78 is 7.11. The predicted octanol–water partition coefficient (Wildman–Crippen LogP) is 3.17. The van der Waals surface area contributed by atoms with E-state index >= 15 is 0 Å². The normalized spacial score (nSPS) is 14.9. The minimum atomic E-state index is -0.329. The Morgan fingerprint density at radius 1 is 1.10 bits per heavy atom. The van der Waals surface area contributed by atoms with E-state index < -0.39 is 0 Å². The van der Waals surface area contributed by atoms with Gasteiger partial charge in [0.05, 0.1) is 23.4 Å². The maximum absolute atomic E-state index is 12.7. The standard InChI is InChI=1S/C22H27N5O2/c1-4-29-22(28)18-15-23-21-19(16(2)24-25(21)3)20(18)27-12-8-11-26(13-14-27)17-9-6-5-7-10-17/h5-7,9-10,15H,4,8,11-14H2,1-3H3. The third-order valence-corrected chi connectivity index (χ3v) is 5.43. The van der Waals surface area contributed by atoms with Gasteiger partial charge in [-0.1, -0.05) is 18.2 Å². The van der Waals surface area contributed by atoms with Gasteiger partial charge in [0.25, 0.3) is 0 Å². The molecule has 0 spiro atoms. The fourth-order valence-corrected chi connectivity index (χ4v) is 4.12. The summed E-state index contributed by atoms with van der Waals surface area (Å²) >= 11 is 0. The molecular formula is C22H27N5O2. The van der Waals surface area contributed by atoms with Crippen molar-refractivity contribution in [2.75, 3.05) is 42.6 Å². The molecule has 3 aromatic rings. The van der Waals surface area contributed by atoms with Crippen molar-refractivity contribution in [2.24, 2.45) is 7.05 Å². The van der Waals surface area contributed by atoms with Crippen LogP contribution >= 0.6 is 0 Å². The number of fused-ring (bicyclic) bond motifs is 1. The Bertz CT molecular complexity index is 1010. The number of para-hydroxylation sites is 1. The van der Waals surface area contributed by atoms with Crippen LogP contribution in [0.2, 0.25) is 0 Å². The van der Waals surface area contributed by atoms with Gasteiger partial charge in [0.1, 0.15) is 5.56 Å². The van der Waals surface area contributed by atoms with Crippen LogP contribution in [0.3, 0.4) is 0 Å². The van der Waals surface area contributed by atoms with Gasteiger partial charge in [0.15, 0.2) is 5.65 Å². The summed E-state index contributed by atoms with van der Waals surface area (Å²) in [6, 6.07) is 10.5. The van der Waals surface area contributed by atoms with Crippen LogP contribution in [0.5, 0.6) is 0 Å². The molecule has 1 fully saturated rings. The van der Waals surface area contributed by atoms with Gasteiger partial charge < -0.3 is 14.5 Å². The average Bonchev–Trinajstić information content (AvgIpc) is 2.90. The first kappa shape index (κ1) is 19.2. The third-order valence-electron chi connectivity index (χ3n) is 5.43. The molecular weight excluding hydrogens is 366 g/mol. The average molecular weight is 393 g/mol. The number of carbonyl (C=O) groups is 1. The maximum Gasteiger partial charge on any atom is 0.341 e. The summed E-state index contributed by atoms with van der Waals surface area (Å²) in [6.07, 6.45) is 2.64. The zero-order valence-corrected chi connectivity index (χ0v) is 17.3. The largest absolute Gasteiger partial charge is 0.462 e. The first-order valence-electron chi connectivity index (χ1n) is 10.1. The number of ether oxygens (including phenoxy) is 1.